The van der Waals surface area contributed by atoms with Gasteiger partial charge < -0.3 is 9.94 Å². The number of hydrogen-bond acceptors (Lipinski definition) is 5. The Kier molecular flexibility index (Phi) is 2.82. The highest BCUT2D eigenvalue weighted by atomic mass is 32.1. The number of rotatable bonds is 2. The van der Waals surface area contributed by atoms with Crippen molar-refractivity contribution in [3.63, 3.8) is 0 Å². The van der Waals surface area contributed by atoms with Crippen LogP contribution in [0.3, 0.4) is 0 Å². The van der Waals surface area contributed by atoms with E-state index in [2.05, 4.69) is 9.89 Å². The van der Waals surface area contributed by atoms with Crippen molar-refractivity contribution in [2.75, 3.05) is 7.11 Å². The van der Waals surface area contributed by atoms with Crippen LogP contribution in [0, 0.1) is 0 Å². The number of ether oxygens (including phenoxy) is 1. The smallest absolute Gasteiger partial charge is 0.348 e. The third-order valence-electron chi connectivity index (χ3n) is 1.20. The van der Waals surface area contributed by atoms with Gasteiger partial charge in [-0.05, 0) is 12.1 Å². The summed E-state index contributed by atoms with van der Waals surface area (Å²) in [7, 11) is 1.32. The molecule has 0 atom stereocenters. The Bertz CT molecular complexity index is 305. The molecule has 0 saturated heterocycles. The number of methoxy groups -OCH3 is 1. The Hall–Kier alpha value is -1.36. The second-order valence-electron chi connectivity index (χ2n) is 1.94. The number of thiophene rings is 1. The molecule has 0 saturated carbocycles. The van der Waals surface area contributed by atoms with Crippen LogP contribution in [0.1, 0.15) is 14.5 Å². The van der Waals surface area contributed by atoms with E-state index in [1.165, 1.54) is 24.7 Å². The van der Waals surface area contributed by atoms with Crippen LogP contribution in [-0.2, 0) is 4.74 Å². The van der Waals surface area contributed by atoms with Crippen LogP contribution < -0.4 is 0 Å². The van der Waals surface area contributed by atoms with Crippen molar-refractivity contribution >= 4 is 23.5 Å². The Morgan fingerprint density at radius 1 is 1.75 bits per heavy atom. The molecule has 0 amide bonds. The summed E-state index contributed by atoms with van der Waals surface area (Å²) in [6, 6.07) is 3.30. The van der Waals surface area contributed by atoms with E-state index in [0.717, 1.165) is 0 Å². The van der Waals surface area contributed by atoms with Crippen LogP contribution in [0.25, 0.3) is 0 Å². The Morgan fingerprint density at radius 3 is 3.08 bits per heavy atom. The molecule has 0 bridgehead atoms. The van der Waals surface area contributed by atoms with E-state index in [1.807, 2.05) is 0 Å². The fourth-order valence-corrected chi connectivity index (χ4v) is 1.48. The first-order valence-electron chi connectivity index (χ1n) is 3.13. The van der Waals surface area contributed by atoms with E-state index < -0.39 is 0 Å². The molecule has 5 heteroatoms. The third kappa shape index (κ3) is 1.82. The maximum atomic E-state index is 10.9. The summed E-state index contributed by atoms with van der Waals surface area (Å²) in [6.45, 7) is 0. The lowest BCUT2D eigenvalue weighted by molar-refractivity contribution is 0.0606. The molecule has 1 heterocycles. The molecule has 12 heavy (non-hydrogen) atoms. The third-order valence-corrected chi connectivity index (χ3v) is 2.20. The first kappa shape index (κ1) is 8.73. The fraction of sp³-hybridized carbons (Fsp3) is 0.143. The summed E-state index contributed by atoms with van der Waals surface area (Å²) in [5.41, 5.74) is 0. The van der Waals surface area contributed by atoms with Crippen molar-refractivity contribution in [2.45, 2.75) is 0 Å². The van der Waals surface area contributed by atoms with Gasteiger partial charge in [0.15, 0.2) is 0 Å². The minimum atomic E-state index is -0.377. The minimum absolute atomic E-state index is 0.377. The number of carbonyl (C=O) groups is 1. The van der Waals surface area contributed by atoms with Gasteiger partial charge in [-0.1, -0.05) is 5.16 Å². The zero-order valence-electron chi connectivity index (χ0n) is 6.35. The topological polar surface area (TPSA) is 58.9 Å². The summed E-state index contributed by atoms with van der Waals surface area (Å²) in [4.78, 5) is 12.1. The van der Waals surface area contributed by atoms with Crippen LogP contribution in [0.4, 0.5) is 0 Å². The van der Waals surface area contributed by atoms with Crippen LogP contribution in [0.2, 0.25) is 0 Å². The SMILES string of the molecule is COC(=O)c1ccc(/C=N\O)s1. The van der Waals surface area contributed by atoms with Gasteiger partial charge in [-0.25, -0.2) is 4.79 Å². The molecule has 1 N–H and O–H groups in total. The van der Waals surface area contributed by atoms with Crippen LogP contribution in [0.15, 0.2) is 17.3 Å². The molecule has 0 aliphatic rings. The number of hydrogen-bond donors (Lipinski definition) is 1. The van der Waals surface area contributed by atoms with E-state index >= 15 is 0 Å². The summed E-state index contributed by atoms with van der Waals surface area (Å²) in [6.07, 6.45) is 1.26. The standard InChI is InChI=1S/C7H7NO3S/c1-11-7(9)6-3-2-5(12-6)4-8-10/h2-4,10H,1H3/b8-4-. The lowest BCUT2D eigenvalue weighted by Crippen LogP contribution is -1.96. The first-order valence-corrected chi connectivity index (χ1v) is 3.95. The Morgan fingerprint density at radius 2 is 2.50 bits per heavy atom. The molecule has 0 unspecified atom stereocenters. The average Bonchev–Trinajstić information content (AvgIpc) is 2.52. The number of carbonyl (C=O) groups excluding carboxylic acids is 1. The van der Waals surface area contributed by atoms with Gasteiger partial charge in [0, 0.05) is 4.88 Å². The Labute approximate surface area is 73.1 Å². The molecule has 0 fully saturated rings. The summed E-state index contributed by atoms with van der Waals surface area (Å²) >= 11 is 1.21. The molecule has 1 aromatic rings. The first-order chi connectivity index (χ1) is 5.77. The van der Waals surface area contributed by atoms with Gasteiger partial charge in [0.1, 0.15) is 4.88 Å². The average molecular weight is 185 g/mol. The van der Waals surface area contributed by atoms with Crippen molar-refractivity contribution in [3.05, 3.63) is 21.9 Å². The van der Waals surface area contributed by atoms with Gasteiger partial charge in [0.25, 0.3) is 0 Å². The van der Waals surface area contributed by atoms with Gasteiger partial charge >= 0.3 is 5.97 Å². The summed E-state index contributed by atoms with van der Waals surface area (Å²) in [5, 5.41) is 11.0. The molecule has 0 aliphatic heterocycles. The maximum Gasteiger partial charge on any atom is 0.348 e. The molecule has 0 radical (unpaired) electrons. The van der Waals surface area contributed by atoms with Crippen LogP contribution >= 0.6 is 11.3 Å². The molecular weight excluding hydrogens is 178 g/mol. The highest BCUT2D eigenvalue weighted by molar-refractivity contribution is 7.15. The van der Waals surface area contributed by atoms with Crippen molar-refractivity contribution in [3.8, 4) is 0 Å². The number of oxime groups is 1. The van der Waals surface area contributed by atoms with E-state index in [4.69, 9.17) is 5.21 Å². The monoisotopic (exact) mass is 185 g/mol. The van der Waals surface area contributed by atoms with Gasteiger partial charge in [-0.3, -0.25) is 0 Å². The van der Waals surface area contributed by atoms with E-state index in [0.29, 0.717) is 9.75 Å². The van der Waals surface area contributed by atoms with Crippen molar-refractivity contribution in [1.29, 1.82) is 0 Å². The van der Waals surface area contributed by atoms with Gasteiger partial charge in [-0.2, -0.15) is 0 Å². The molecule has 0 aromatic carbocycles. The van der Waals surface area contributed by atoms with E-state index in [-0.39, 0.29) is 5.97 Å². The Balaban J connectivity index is 2.84. The second kappa shape index (κ2) is 3.87. The summed E-state index contributed by atoms with van der Waals surface area (Å²) in [5.74, 6) is -0.377. The predicted octanol–water partition coefficient (Wildman–Crippen LogP) is 1.34. The summed E-state index contributed by atoms with van der Waals surface area (Å²) < 4.78 is 4.49. The molecule has 4 nitrogen and oxygen atoms in total. The van der Waals surface area contributed by atoms with Gasteiger partial charge in [-0.15, -0.1) is 11.3 Å². The second-order valence-corrected chi connectivity index (χ2v) is 3.05. The molecular formula is C7H7NO3S. The van der Waals surface area contributed by atoms with Crippen molar-refractivity contribution < 1.29 is 14.7 Å². The normalized spacial score (nSPS) is 10.4. The highest BCUT2D eigenvalue weighted by Gasteiger charge is 2.07. The zero-order valence-corrected chi connectivity index (χ0v) is 7.17. The molecule has 0 aliphatic carbocycles. The number of nitrogens with zero attached hydrogens (tertiary/aromatic N) is 1. The largest absolute Gasteiger partial charge is 0.465 e. The molecule has 1 aromatic heterocycles. The highest BCUT2D eigenvalue weighted by Crippen LogP contribution is 2.15. The van der Waals surface area contributed by atoms with Crippen molar-refractivity contribution in [2.24, 2.45) is 5.16 Å². The van der Waals surface area contributed by atoms with Gasteiger partial charge in [0.2, 0.25) is 0 Å². The van der Waals surface area contributed by atoms with Crippen molar-refractivity contribution in [1.82, 2.24) is 0 Å². The van der Waals surface area contributed by atoms with Crippen LogP contribution in [0.5, 0.6) is 0 Å². The van der Waals surface area contributed by atoms with Gasteiger partial charge in [0.05, 0.1) is 13.3 Å². The molecule has 64 valence electrons. The molecule has 1 rings (SSSR count). The lowest BCUT2D eigenvalue weighted by Gasteiger charge is -1.90. The zero-order chi connectivity index (χ0) is 8.97. The molecule has 0 spiro atoms. The lowest BCUT2D eigenvalue weighted by atomic mass is 10.4. The minimum Gasteiger partial charge on any atom is -0.465 e. The van der Waals surface area contributed by atoms with E-state index in [9.17, 15) is 4.79 Å². The number of esters is 1. The fourth-order valence-electron chi connectivity index (χ4n) is 0.689. The predicted molar refractivity (Wildman–Crippen MR) is 45.0 cm³/mol. The quantitative estimate of drug-likeness (QED) is 0.327. The van der Waals surface area contributed by atoms with Crippen LogP contribution in [-0.4, -0.2) is 24.5 Å². The van der Waals surface area contributed by atoms with E-state index in [1.54, 1.807) is 12.1 Å². The maximum absolute atomic E-state index is 10.9.